The monoisotopic (exact) mass is 234 g/mol. The maximum atomic E-state index is 5.39. The van der Waals surface area contributed by atoms with Gasteiger partial charge in [0.1, 0.15) is 6.33 Å². The zero-order chi connectivity index (χ0) is 10.2. The Morgan fingerprint density at radius 1 is 1.43 bits per heavy atom. The van der Waals surface area contributed by atoms with Gasteiger partial charge in [-0.1, -0.05) is 11.8 Å². The summed E-state index contributed by atoms with van der Waals surface area (Å²) in [4.78, 5) is 4.07. The number of aromatic nitrogens is 2. The second-order valence-corrected chi connectivity index (χ2v) is 4.41. The molecule has 0 atom stereocenters. The van der Waals surface area contributed by atoms with Gasteiger partial charge in [-0.15, -0.1) is 0 Å². The Hall–Kier alpha value is -0.170. The van der Waals surface area contributed by atoms with Crippen LogP contribution in [0.3, 0.4) is 0 Å². The van der Waals surface area contributed by atoms with Crippen molar-refractivity contribution in [3.63, 3.8) is 0 Å². The lowest BCUT2D eigenvalue weighted by atomic mass is 10.7. The van der Waals surface area contributed by atoms with Crippen molar-refractivity contribution in [2.24, 2.45) is 0 Å². The molecular formula is C8H14N2O2S2. The molecule has 0 N–H and O–H groups in total. The number of thioether (sulfide) groups is 1. The van der Waals surface area contributed by atoms with Gasteiger partial charge in [-0.25, -0.2) is 4.98 Å². The molecule has 0 spiro atoms. The van der Waals surface area contributed by atoms with Crippen molar-refractivity contribution in [2.75, 3.05) is 19.0 Å². The standard InChI is InChI=1S/C8H14N2O2S2/c1-3-11-7(12-4-2)5-13-8-9-6-10-14-8/h6-7H,3-5H2,1-2H3. The first-order chi connectivity index (χ1) is 6.86. The summed E-state index contributed by atoms with van der Waals surface area (Å²) >= 11 is 3.00. The van der Waals surface area contributed by atoms with Gasteiger partial charge in [-0.3, -0.25) is 0 Å². The quantitative estimate of drug-likeness (QED) is 0.533. The summed E-state index contributed by atoms with van der Waals surface area (Å²) in [6, 6.07) is 0. The topological polar surface area (TPSA) is 44.2 Å². The third kappa shape index (κ3) is 4.36. The van der Waals surface area contributed by atoms with E-state index in [-0.39, 0.29) is 6.29 Å². The van der Waals surface area contributed by atoms with Crippen LogP contribution in [0.5, 0.6) is 0 Å². The fourth-order valence-electron chi connectivity index (χ4n) is 0.882. The lowest BCUT2D eigenvalue weighted by molar-refractivity contribution is -0.120. The summed E-state index contributed by atoms with van der Waals surface area (Å²) in [5.41, 5.74) is 0. The zero-order valence-corrected chi connectivity index (χ0v) is 9.94. The highest BCUT2D eigenvalue weighted by Gasteiger charge is 2.09. The van der Waals surface area contributed by atoms with Crippen LogP contribution in [0.15, 0.2) is 10.7 Å². The van der Waals surface area contributed by atoms with Crippen molar-refractivity contribution in [3.05, 3.63) is 6.33 Å². The molecule has 0 aliphatic rings. The number of ether oxygens (including phenoxy) is 2. The fraction of sp³-hybridized carbons (Fsp3) is 0.750. The van der Waals surface area contributed by atoms with E-state index in [1.165, 1.54) is 11.5 Å². The van der Waals surface area contributed by atoms with Crippen LogP contribution in [0.4, 0.5) is 0 Å². The van der Waals surface area contributed by atoms with Gasteiger partial charge in [0, 0.05) is 13.2 Å². The van der Waals surface area contributed by atoms with Crippen molar-refractivity contribution in [3.8, 4) is 0 Å². The van der Waals surface area contributed by atoms with Crippen LogP contribution in [-0.4, -0.2) is 34.6 Å². The molecule has 0 saturated heterocycles. The van der Waals surface area contributed by atoms with E-state index in [1.54, 1.807) is 18.1 Å². The number of nitrogens with zero attached hydrogens (tertiary/aromatic N) is 2. The molecule has 6 heteroatoms. The first-order valence-corrected chi connectivity index (χ1v) is 6.25. The van der Waals surface area contributed by atoms with Crippen LogP contribution in [0.2, 0.25) is 0 Å². The van der Waals surface area contributed by atoms with Crippen LogP contribution in [0.25, 0.3) is 0 Å². The molecule has 80 valence electrons. The van der Waals surface area contributed by atoms with Crippen LogP contribution in [0.1, 0.15) is 13.8 Å². The third-order valence-corrected chi connectivity index (χ3v) is 3.22. The summed E-state index contributed by atoms with van der Waals surface area (Å²) in [7, 11) is 0. The highest BCUT2D eigenvalue weighted by molar-refractivity contribution is 8.00. The fourth-order valence-corrected chi connectivity index (χ4v) is 2.30. The number of hydrogen-bond donors (Lipinski definition) is 0. The molecule has 0 unspecified atom stereocenters. The molecule has 1 rings (SSSR count). The number of rotatable bonds is 7. The molecule has 1 aromatic rings. The van der Waals surface area contributed by atoms with Gasteiger partial charge < -0.3 is 9.47 Å². The minimum atomic E-state index is -0.140. The molecule has 1 aromatic heterocycles. The second kappa shape index (κ2) is 7.17. The first kappa shape index (κ1) is 11.9. The summed E-state index contributed by atoms with van der Waals surface area (Å²) in [5, 5.41) is 0. The largest absolute Gasteiger partial charge is 0.352 e. The summed E-state index contributed by atoms with van der Waals surface area (Å²) in [5.74, 6) is 0.761. The maximum absolute atomic E-state index is 5.39. The van der Waals surface area contributed by atoms with E-state index in [4.69, 9.17) is 9.47 Å². The van der Waals surface area contributed by atoms with Gasteiger partial charge in [0.05, 0.1) is 5.75 Å². The van der Waals surface area contributed by atoms with Crippen molar-refractivity contribution < 1.29 is 9.47 Å². The Morgan fingerprint density at radius 3 is 2.64 bits per heavy atom. The molecule has 0 amide bonds. The molecule has 0 radical (unpaired) electrons. The molecule has 0 aliphatic carbocycles. The smallest absolute Gasteiger partial charge is 0.169 e. The molecule has 4 nitrogen and oxygen atoms in total. The normalized spacial score (nSPS) is 11.1. The Bertz CT molecular complexity index is 225. The lowest BCUT2D eigenvalue weighted by Crippen LogP contribution is -2.19. The molecule has 0 fully saturated rings. The van der Waals surface area contributed by atoms with E-state index in [1.807, 2.05) is 13.8 Å². The van der Waals surface area contributed by atoms with E-state index in [0.717, 1.165) is 10.1 Å². The Labute approximate surface area is 92.2 Å². The van der Waals surface area contributed by atoms with Gasteiger partial charge in [0.25, 0.3) is 0 Å². The average molecular weight is 234 g/mol. The Balaban J connectivity index is 2.25. The second-order valence-electron chi connectivity index (χ2n) is 2.36. The molecule has 0 aromatic carbocycles. The third-order valence-electron chi connectivity index (χ3n) is 1.39. The summed E-state index contributed by atoms with van der Waals surface area (Å²) in [6.07, 6.45) is 1.42. The van der Waals surface area contributed by atoms with Crippen molar-refractivity contribution in [1.29, 1.82) is 0 Å². The minimum Gasteiger partial charge on any atom is -0.352 e. The van der Waals surface area contributed by atoms with Gasteiger partial charge in [-0.2, -0.15) is 4.37 Å². The van der Waals surface area contributed by atoms with E-state index >= 15 is 0 Å². The van der Waals surface area contributed by atoms with Crippen molar-refractivity contribution in [2.45, 2.75) is 24.5 Å². The van der Waals surface area contributed by atoms with Crippen LogP contribution in [0, 0.1) is 0 Å². The summed E-state index contributed by atoms with van der Waals surface area (Å²) < 4.78 is 15.7. The van der Waals surface area contributed by atoms with Gasteiger partial charge in [-0.05, 0) is 25.4 Å². The number of hydrogen-bond acceptors (Lipinski definition) is 6. The van der Waals surface area contributed by atoms with Gasteiger partial charge in [0.15, 0.2) is 10.6 Å². The SMILES string of the molecule is CCOC(CSc1ncns1)OCC. The Kier molecular flexibility index (Phi) is 6.09. The van der Waals surface area contributed by atoms with E-state index in [0.29, 0.717) is 13.2 Å². The zero-order valence-electron chi connectivity index (χ0n) is 8.30. The predicted octanol–water partition coefficient (Wildman–Crippen LogP) is 2.03. The molecule has 0 aliphatic heterocycles. The molecular weight excluding hydrogens is 220 g/mol. The first-order valence-electron chi connectivity index (χ1n) is 4.49. The van der Waals surface area contributed by atoms with Crippen molar-refractivity contribution in [1.82, 2.24) is 9.36 Å². The van der Waals surface area contributed by atoms with Crippen LogP contribution in [-0.2, 0) is 9.47 Å². The van der Waals surface area contributed by atoms with Crippen LogP contribution < -0.4 is 0 Å². The maximum Gasteiger partial charge on any atom is 0.169 e. The van der Waals surface area contributed by atoms with Gasteiger partial charge in [0.2, 0.25) is 0 Å². The molecule has 0 bridgehead atoms. The minimum absolute atomic E-state index is 0.140. The predicted molar refractivity (Wildman–Crippen MR) is 57.7 cm³/mol. The van der Waals surface area contributed by atoms with Crippen LogP contribution >= 0.6 is 23.3 Å². The molecule has 1 heterocycles. The summed E-state index contributed by atoms with van der Waals surface area (Å²) in [6.45, 7) is 5.26. The van der Waals surface area contributed by atoms with E-state index in [2.05, 4.69) is 9.36 Å². The highest BCUT2D eigenvalue weighted by atomic mass is 32.2. The van der Waals surface area contributed by atoms with Gasteiger partial charge >= 0.3 is 0 Å². The highest BCUT2D eigenvalue weighted by Crippen LogP contribution is 2.20. The van der Waals surface area contributed by atoms with E-state index < -0.39 is 0 Å². The Morgan fingerprint density at radius 2 is 2.14 bits per heavy atom. The van der Waals surface area contributed by atoms with E-state index in [9.17, 15) is 0 Å². The molecule has 0 saturated carbocycles. The average Bonchev–Trinajstić information content (AvgIpc) is 2.67. The van der Waals surface area contributed by atoms with Crippen molar-refractivity contribution >= 4 is 23.3 Å². The lowest BCUT2D eigenvalue weighted by Gasteiger charge is -2.15. The molecule has 14 heavy (non-hydrogen) atoms.